The van der Waals surface area contributed by atoms with E-state index in [4.69, 9.17) is 23.2 Å². The van der Waals surface area contributed by atoms with E-state index < -0.39 is 0 Å². The van der Waals surface area contributed by atoms with Crippen molar-refractivity contribution in [1.29, 1.82) is 0 Å². The third-order valence-corrected chi connectivity index (χ3v) is 5.50. The molecule has 0 spiro atoms. The van der Waals surface area contributed by atoms with Gasteiger partial charge in [0.1, 0.15) is 0 Å². The maximum Gasteiger partial charge on any atom is 0.238 e. The zero-order chi connectivity index (χ0) is 18.5. The molecule has 2 aromatic rings. The average Bonchev–Trinajstić information content (AvgIpc) is 2.64. The van der Waals surface area contributed by atoms with E-state index in [9.17, 15) is 4.79 Å². The quantitative estimate of drug-likeness (QED) is 0.824. The van der Waals surface area contributed by atoms with Gasteiger partial charge in [0, 0.05) is 37.2 Å². The summed E-state index contributed by atoms with van der Waals surface area (Å²) < 4.78 is 0. The zero-order valence-corrected chi connectivity index (χ0v) is 16.3. The van der Waals surface area contributed by atoms with Crippen molar-refractivity contribution < 1.29 is 4.79 Å². The maximum absolute atomic E-state index is 12.3. The minimum atomic E-state index is -0.0364. The first-order valence-corrected chi connectivity index (χ1v) is 9.55. The smallest absolute Gasteiger partial charge is 0.238 e. The second-order valence-corrected chi connectivity index (χ2v) is 7.35. The molecular weight excluding hydrogens is 369 g/mol. The minimum Gasteiger partial charge on any atom is -0.324 e. The van der Waals surface area contributed by atoms with Crippen LogP contribution in [0.1, 0.15) is 18.5 Å². The molecule has 0 aliphatic carbocycles. The molecule has 2 aromatic carbocycles. The van der Waals surface area contributed by atoms with Gasteiger partial charge in [-0.25, -0.2) is 0 Å². The molecule has 0 radical (unpaired) electrons. The molecule has 0 aromatic heterocycles. The number of para-hydroxylation sites is 1. The second-order valence-electron chi connectivity index (χ2n) is 6.54. The highest BCUT2D eigenvalue weighted by Crippen LogP contribution is 2.27. The first kappa shape index (κ1) is 19.2. The topological polar surface area (TPSA) is 35.6 Å². The first-order chi connectivity index (χ1) is 12.5. The molecule has 26 heavy (non-hydrogen) atoms. The molecule has 0 unspecified atom stereocenters. The number of nitrogens with one attached hydrogen (secondary N) is 1. The molecule has 6 heteroatoms. The molecule has 1 saturated heterocycles. The summed E-state index contributed by atoms with van der Waals surface area (Å²) in [5.41, 5.74) is 1.81. The van der Waals surface area contributed by atoms with Gasteiger partial charge in [-0.2, -0.15) is 0 Å². The predicted molar refractivity (Wildman–Crippen MR) is 108 cm³/mol. The fourth-order valence-electron chi connectivity index (χ4n) is 3.27. The van der Waals surface area contributed by atoms with Crippen LogP contribution in [0.2, 0.25) is 10.0 Å². The molecule has 4 nitrogen and oxygen atoms in total. The molecule has 0 bridgehead atoms. The number of nitrogens with zero attached hydrogens (tertiary/aromatic N) is 2. The van der Waals surface area contributed by atoms with E-state index in [2.05, 4.69) is 28.1 Å². The van der Waals surface area contributed by atoms with E-state index in [1.54, 1.807) is 6.07 Å². The molecule has 1 heterocycles. The maximum atomic E-state index is 12.3. The summed E-state index contributed by atoms with van der Waals surface area (Å²) in [7, 11) is 0. The lowest BCUT2D eigenvalue weighted by Crippen LogP contribution is -2.49. The van der Waals surface area contributed by atoms with Crippen LogP contribution in [0.3, 0.4) is 0 Å². The van der Waals surface area contributed by atoms with Crippen LogP contribution in [-0.4, -0.2) is 48.4 Å². The summed E-state index contributed by atoms with van der Waals surface area (Å²) >= 11 is 12.4. The molecule has 1 fully saturated rings. The molecule has 1 aliphatic rings. The van der Waals surface area contributed by atoms with Gasteiger partial charge in [0.05, 0.1) is 17.3 Å². The highest BCUT2D eigenvalue weighted by atomic mass is 35.5. The fourth-order valence-corrected chi connectivity index (χ4v) is 3.75. The summed E-state index contributed by atoms with van der Waals surface area (Å²) in [5, 5.41) is 4.24. The number of hydrogen-bond acceptors (Lipinski definition) is 3. The van der Waals surface area contributed by atoms with Crippen LogP contribution in [0, 0.1) is 0 Å². The molecule has 138 valence electrons. The standard InChI is InChI=1S/C20H23Cl2N3O/c1-15(16-6-2-3-7-17(16)21)25-12-10-24(11-13-25)14-20(26)23-19-9-5-4-8-18(19)22/h2-9,15H,10-14H2,1H3,(H,23,26)/t15-/m1/s1. The lowest BCUT2D eigenvalue weighted by molar-refractivity contribution is -0.117. The number of benzene rings is 2. The zero-order valence-electron chi connectivity index (χ0n) is 14.8. The predicted octanol–water partition coefficient (Wildman–Crippen LogP) is 4.31. The summed E-state index contributed by atoms with van der Waals surface area (Å²) in [6.45, 7) is 6.08. The third kappa shape index (κ3) is 4.77. The molecule has 1 N–H and O–H groups in total. The Labute approximate surface area is 164 Å². The van der Waals surface area contributed by atoms with Crippen molar-refractivity contribution in [2.45, 2.75) is 13.0 Å². The number of hydrogen-bond donors (Lipinski definition) is 1. The Morgan fingerprint density at radius 2 is 1.62 bits per heavy atom. The first-order valence-electron chi connectivity index (χ1n) is 8.80. The lowest BCUT2D eigenvalue weighted by atomic mass is 10.1. The van der Waals surface area contributed by atoms with Gasteiger partial charge in [-0.1, -0.05) is 53.5 Å². The largest absolute Gasteiger partial charge is 0.324 e. The van der Waals surface area contributed by atoms with Crippen molar-refractivity contribution in [3.63, 3.8) is 0 Å². The van der Waals surface area contributed by atoms with E-state index in [1.807, 2.05) is 36.4 Å². The monoisotopic (exact) mass is 391 g/mol. The highest BCUT2D eigenvalue weighted by Gasteiger charge is 2.24. The van der Waals surface area contributed by atoms with Crippen molar-refractivity contribution in [1.82, 2.24) is 9.80 Å². The van der Waals surface area contributed by atoms with Crippen molar-refractivity contribution in [3.8, 4) is 0 Å². The average molecular weight is 392 g/mol. The number of carbonyl (C=O) groups is 1. The molecular formula is C20H23Cl2N3O. The van der Waals surface area contributed by atoms with Gasteiger partial charge in [0.25, 0.3) is 0 Å². The van der Waals surface area contributed by atoms with E-state index in [1.165, 1.54) is 0 Å². The van der Waals surface area contributed by atoms with Crippen molar-refractivity contribution in [2.75, 3.05) is 38.0 Å². The summed E-state index contributed by atoms with van der Waals surface area (Å²) in [6.07, 6.45) is 0. The Balaban J connectivity index is 1.50. The molecule has 3 rings (SSSR count). The number of amides is 1. The number of halogens is 2. The van der Waals surface area contributed by atoms with Gasteiger partial charge in [0.2, 0.25) is 5.91 Å². The van der Waals surface area contributed by atoms with Gasteiger partial charge in [0.15, 0.2) is 0 Å². The number of rotatable bonds is 5. The Hall–Kier alpha value is -1.59. The molecule has 1 atom stereocenters. The van der Waals surface area contributed by atoms with E-state index in [0.717, 1.165) is 36.8 Å². The normalized spacial score (nSPS) is 17.0. The summed E-state index contributed by atoms with van der Waals surface area (Å²) in [6, 6.07) is 15.5. The van der Waals surface area contributed by atoms with E-state index >= 15 is 0 Å². The SMILES string of the molecule is C[C@H](c1ccccc1Cl)N1CCN(CC(=O)Nc2ccccc2Cl)CC1. The third-order valence-electron chi connectivity index (χ3n) is 4.83. The van der Waals surface area contributed by atoms with E-state index in [0.29, 0.717) is 17.3 Å². The van der Waals surface area contributed by atoms with Gasteiger partial charge < -0.3 is 5.32 Å². The van der Waals surface area contributed by atoms with Gasteiger partial charge in [-0.05, 0) is 30.7 Å². The Morgan fingerprint density at radius 1 is 1.00 bits per heavy atom. The minimum absolute atomic E-state index is 0.0364. The lowest BCUT2D eigenvalue weighted by Gasteiger charge is -2.38. The molecule has 1 aliphatic heterocycles. The van der Waals surface area contributed by atoms with Crippen LogP contribution in [0.15, 0.2) is 48.5 Å². The van der Waals surface area contributed by atoms with Crippen molar-refractivity contribution >= 4 is 34.8 Å². The Morgan fingerprint density at radius 3 is 2.27 bits per heavy atom. The Kier molecular flexibility index (Phi) is 6.54. The summed E-state index contributed by atoms with van der Waals surface area (Å²) in [5.74, 6) is -0.0364. The number of anilines is 1. The van der Waals surface area contributed by atoms with Crippen LogP contribution in [0.4, 0.5) is 5.69 Å². The fraction of sp³-hybridized carbons (Fsp3) is 0.350. The van der Waals surface area contributed by atoms with Crippen molar-refractivity contribution in [3.05, 3.63) is 64.1 Å². The van der Waals surface area contributed by atoms with Gasteiger partial charge in [-0.3, -0.25) is 14.6 Å². The second kappa shape index (κ2) is 8.87. The van der Waals surface area contributed by atoms with Crippen LogP contribution in [0.25, 0.3) is 0 Å². The van der Waals surface area contributed by atoms with Crippen LogP contribution in [0.5, 0.6) is 0 Å². The number of carbonyl (C=O) groups excluding carboxylic acids is 1. The van der Waals surface area contributed by atoms with Crippen molar-refractivity contribution in [2.24, 2.45) is 0 Å². The molecule has 0 saturated carbocycles. The van der Waals surface area contributed by atoms with Crippen LogP contribution in [-0.2, 0) is 4.79 Å². The van der Waals surface area contributed by atoms with E-state index in [-0.39, 0.29) is 11.9 Å². The van der Waals surface area contributed by atoms with Crippen LogP contribution < -0.4 is 5.32 Å². The number of piperazine rings is 1. The summed E-state index contributed by atoms with van der Waals surface area (Å²) in [4.78, 5) is 16.8. The molecule has 1 amide bonds. The van der Waals surface area contributed by atoms with Crippen LogP contribution >= 0.6 is 23.2 Å². The Bertz CT molecular complexity index is 760. The van der Waals surface area contributed by atoms with Gasteiger partial charge >= 0.3 is 0 Å². The van der Waals surface area contributed by atoms with Gasteiger partial charge in [-0.15, -0.1) is 0 Å². The highest BCUT2D eigenvalue weighted by molar-refractivity contribution is 6.33.